The van der Waals surface area contributed by atoms with Crippen molar-refractivity contribution in [3.05, 3.63) is 42.0 Å². The lowest BCUT2D eigenvalue weighted by molar-refractivity contribution is -0.137. The monoisotopic (exact) mass is 269 g/mol. The number of halogens is 3. The molecule has 0 aliphatic heterocycles. The van der Waals surface area contributed by atoms with Crippen molar-refractivity contribution >= 4 is 5.69 Å². The maximum absolute atomic E-state index is 12.6. The largest absolute Gasteiger partial charge is 0.416 e. The third-order valence-corrected chi connectivity index (χ3v) is 2.81. The number of hydrogen-bond donors (Lipinski definition) is 1. The average Bonchev–Trinajstić information content (AvgIpc) is 2.76. The first-order valence-corrected chi connectivity index (χ1v) is 5.92. The summed E-state index contributed by atoms with van der Waals surface area (Å²) in [5, 5.41) is 0. The molecule has 0 unspecified atom stereocenters. The summed E-state index contributed by atoms with van der Waals surface area (Å²) in [5.41, 5.74) is 5.59. The van der Waals surface area contributed by atoms with Gasteiger partial charge in [0.05, 0.1) is 16.9 Å². The van der Waals surface area contributed by atoms with Gasteiger partial charge in [0.15, 0.2) is 0 Å². The molecule has 6 heteroatoms. The number of nitrogen functional groups attached to an aromatic ring is 1. The second-order valence-electron chi connectivity index (χ2n) is 4.23. The predicted molar refractivity (Wildman–Crippen MR) is 67.0 cm³/mol. The van der Waals surface area contributed by atoms with Gasteiger partial charge in [-0.05, 0) is 24.6 Å². The number of alkyl halides is 3. The molecule has 0 aliphatic rings. The highest BCUT2D eigenvalue weighted by atomic mass is 19.4. The molecule has 0 saturated heterocycles. The van der Waals surface area contributed by atoms with Gasteiger partial charge < -0.3 is 10.3 Å². The minimum absolute atomic E-state index is 0.0881. The first kappa shape index (κ1) is 13.5. The summed E-state index contributed by atoms with van der Waals surface area (Å²) >= 11 is 0. The number of aryl methyl sites for hydroxylation is 1. The molecule has 0 radical (unpaired) electrons. The minimum atomic E-state index is -4.38. The van der Waals surface area contributed by atoms with Crippen LogP contribution in [0.5, 0.6) is 0 Å². The van der Waals surface area contributed by atoms with Gasteiger partial charge >= 0.3 is 6.18 Å². The highest BCUT2D eigenvalue weighted by Gasteiger charge is 2.30. The van der Waals surface area contributed by atoms with Crippen LogP contribution in [-0.4, -0.2) is 9.55 Å². The molecule has 0 atom stereocenters. The van der Waals surface area contributed by atoms with Gasteiger partial charge in [0, 0.05) is 18.8 Å². The van der Waals surface area contributed by atoms with E-state index in [4.69, 9.17) is 5.73 Å². The van der Waals surface area contributed by atoms with Gasteiger partial charge in [-0.2, -0.15) is 13.2 Å². The van der Waals surface area contributed by atoms with Crippen LogP contribution in [-0.2, 0) is 12.6 Å². The number of hydrogen-bond acceptors (Lipinski definition) is 2. The topological polar surface area (TPSA) is 43.8 Å². The normalized spacial score (nSPS) is 11.8. The van der Waals surface area contributed by atoms with Gasteiger partial charge in [-0.1, -0.05) is 6.92 Å². The van der Waals surface area contributed by atoms with Gasteiger partial charge in [-0.25, -0.2) is 4.98 Å². The van der Waals surface area contributed by atoms with E-state index < -0.39 is 11.7 Å². The average molecular weight is 269 g/mol. The van der Waals surface area contributed by atoms with E-state index in [2.05, 4.69) is 4.98 Å². The van der Waals surface area contributed by atoms with Crippen molar-refractivity contribution in [2.75, 3.05) is 5.73 Å². The predicted octanol–water partition coefficient (Wildman–Crippen LogP) is 3.43. The van der Waals surface area contributed by atoms with Crippen LogP contribution in [0.15, 0.2) is 30.6 Å². The lowest BCUT2D eigenvalue weighted by Gasteiger charge is -2.13. The molecule has 19 heavy (non-hydrogen) atoms. The molecule has 1 aromatic heterocycles. The standard InChI is InChI=1S/C13H14F3N3/c1-2-3-12-18-6-7-19(12)11-5-4-9(8-10(11)17)13(14,15)16/h4-8H,2-3,17H2,1H3. The van der Waals surface area contributed by atoms with Crippen molar-refractivity contribution in [1.29, 1.82) is 0 Å². The zero-order valence-electron chi connectivity index (χ0n) is 10.4. The number of aromatic nitrogens is 2. The quantitative estimate of drug-likeness (QED) is 0.867. The maximum Gasteiger partial charge on any atom is 0.416 e. The molecule has 0 saturated carbocycles. The summed E-state index contributed by atoms with van der Waals surface area (Å²) in [7, 11) is 0. The first-order valence-electron chi connectivity index (χ1n) is 5.92. The zero-order chi connectivity index (χ0) is 14.0. The Bertz CT molecular complexity index is 573. The number of nitrogens with zero attached hydrogens (tertiary/aromatic N) is 2. The van der Waals surface area contributed by atoms with E-state index in [1.807, 2.05) is 6.92 Å². The fourth-order valence-electron chi connectivity index (χ4n) is 1.91. The van der Waals surface area contributed by atoms with Crippen molar-refractivity contribution in [3.63, 3.8) is 0 Å². The zero-order valence-corrected chi connectivity index (χ0v) is 10.4. The van der Waals surface area contributed by atoms with Gasteiger partial charge in [-0.15, -0.1) is 0 Å². The Kier molecular flexibility index (Phi) is 3.50. The van der Waals surface area contributed by atoms with Crippen LogP contribution in [0.1, 0.15) is 24.7 Å². The van der Waals surface area contributed by atoms with E-state index in [-0.39, 0.29) is 5.69 Å². The fourth-order valence-corrected chi connectivity index (χ4v) is 1.91. The van der Waals surface area contributed by atoms with Crippen LogP contribution in [0, 0.1) is 0 Å². The summed E-state index contributed by atoms with van der Waals surface area (Å²) in [6.45, 7) is 2.01. The molecule has 1 aromatic carbocycles. The van der Waals surface area contributed by atoms with E-state index in [1.165, 1.54) is 6.07 Å². The van der Waals surface area contributed by atoms with Crippen molar-refractivity contribution < 1.29 is 13.2 Å². The van der Waals surface area contributed by atoms with Crippen LogP contribution in [0.25, 0.3) is 5.69 Å². The van der Waals surface area contributed by atoms with Gasteiger partial charge in [0.1, 0.15) is 5.82 Å². The number of benzene rings is 1. The van der Waals surface area contributed by atoms with Crippen LogP contribution in [0.2, 0.25) is 0 Å². The third kappa shape index (κ3) is 2.72. The number of imidazole rings is 1. The Morgan fingerprint density at radius 1 is 1.32 bits per heavy atom. The van der Waals surface area contributed by atoms with Crippen LogP contribution >= 0.6 is 0 Å². The van der Waals surface area contributed by atoms with Crippen molar-refractivity contribution in [1.82, 2.24) is 9.55 Å². The summed E-state index contributed by atoms with van der Waals surface area (Å²) in [4.78, 5) is 4.18. The Morgan fingerprint density at radius 2 is 2.05 bits per heavy atom. The first-order chi connectivity index (χ1) is 8.93. The Hall–Kier alpha value is -1.98. The second kappa shape index (κ2) is 4.95. The maximum atomic E-state index is 12.6. The molecular weight excluding hydrogens is 255 g/mol. The highest BCUT2D eigenvalue weighted by molar-refractivity contribution is 5.60. The van der Waals surface area contributed by atoms with Gasteiger partial charge in [-0.3, -0.25) is 0 Å². The Morgan fingerprint density at radius 3 is 2.63 bits per heavy atom. The van der Waals surface area contributed by atoms with E-state index >= 15 is 0 Å². The molecule has 2 aromatic rings. The molecule has 2 N–H and O–H groups in total. The highest BCUT2D eigenvalue weighted by Crippen LogP contribution is 2.32. The Balaban J connectivity index is 2.44. The fraction of sp³-hybridized carbons (Fsp3) is 0.308. The summed E-state index contributed by atoms with van der Waals surface area (Å²) in [6.07, 6.45) is 0.574. The van der Waals surface area contributed by atoms with Gasteiger partial charge in [0.25, 0.3) is 0 Å². The van der Waals surface area contributed by atoms with E-state index in [0.29, 0.717) is 5.69 Å². The number of anilines is 1. The van der Waals surface area contributed by atoms with Crippen molar-refractivity contribution in [2.24, 2.45) is 0 Å². The van der Waals surface area contributed by atoms with Crippen LogP contribution in [0.3, 0.4) is 0 Å². The smallest absolute Gasteiger partial charge is 0.397 e. The molecule has 0 fully saturated rings. The number of nitrogens with two attached hydrogens (primary N) is 1. The summed E-state index contributed by atoms with van der Waals surface area (Å²) < 4.78 is 39.4. The van der Waals surface area contributed by atoms with E-state index in [1.54, 1.807) is 17.0 Å². The molecule has 2 rings (SSSR count). The lowest BCUT2D eigenvalue weighted by atomic mass is 10.1. The lowest BCUT2D eigenvalue weighted by Crippen LogP contribution is -2.08. The molecule has 0 spiro atoms. The number of rotatable bonds is 3. The molecule has 0 aliphatic carbocycles. The molecule has 0 amide bonds. The SMILES string of the molecule is CCCc1nccn1-c1ccc(C(F)(F)F)cc1N. The van der Waals surface area contributed by atoms with Gasteiger partial charge in [0.2, 0.25) is 0 Å². The molecule has 1 heterocycles. The second-order valence-corrected chi connectivity index (χ2v) is 4.23. The Labute approximate surface area is 108 Å². The van der Waals surface area contributed by atoms with Crippen molar-refractivity contribution in [3.8, 4) is 5.69 Å². The summed E-state index contributed by atoms with van der Waals surface area (Å²) in [6, 6.07) is 3.35. The van der Waals surface area contributed by atoms with E-state index in [0.717, 1.165) is 30.8 Å². The molecule has 3 nitrogen and oxygen atoms in total. The third-order valence-electron chi connectivity index (χ3n) is 2.81. The summed E-state index contributed by atoms with van der Waals surface area (Å²) in [5.74, 6) is 0.786. The van der Waals surface area contributed by atoms with Crippen LogP contribution < -0.4 is 5.73 Å². The van der Waals surface area contributed by atoms with Crippen molar-refractivity contribution in [2.45, 2.75) is 25.9 Å². The molecular formula is C13H14F3N3. The van der Waals surface area contributed by atoms with E-state index in [9.17, 15) is 13.2 Å². The molecule has 0 bridgehead atoms. The molecule has 102 valence electrons. The van der Waals surface area contributed by atoms with Crippen LogP contribution in [0.4, 0.5) is 18.9 Å². The minimum Gasteiger partial charge on any atom is -0.397 e.